The Kier molecular flexibility index (Phi) is 5.16. The molecular formula is C15H25NO2S. The van der Waals surface area contributed by atoms with Crippen molar-refractivity contribution in [2.24, 2.45) is 5.41 Å². The Bertz CT molecular complexity index is 515. The molecule has 0 aliphatic rings. The molecule has 4 heteroatoms. The van der Waals surface area contributed by atoms with E-state index in [0.29, 0.717) is 4.90 Å². The summed E-state index contributed by atoms with van der Waals surface area (Å²) in [7, 11) is -1.22. The molecule has 0 spiro atoms. The first kappa shape index (κ1) is 16.2. The van der Waals surface area contributed by atoms with Crippen LogP contribution in [0.15, 0.2) is 29.2 Å². The zero-order valence-corrected chi connectivity index (χ0v) is 13.3. The van der Waals surface area contributed by atoms with Crippen LogP contribution in [0.3, 0.4) is 0 Å². The van der Waals surface area contributed by atoms with Crippen molar-refractivity contribution in [1.29, 1.82) is 0 Å². The maximum atomic E-state index is 11.6. The summed E-state index contributed by atoms with van der Waals surface area (Å²) in [6.45, 7) is 6.64. The normalized spacial score (nSPS) is 14.4. The topological polar surface area (TPSA) is 46.2 Å². The number of nitrogens with one attached hydrogen (secondary N) is 1. The second-order valence-corrected chi connectivity index (χ2v) is 8.30. The van der Waals surface area contributed by atoms with Crippen LogP contribution in [0.2, 0.25) is 0 Å². The van der Waals surface area contributed by atoms with Gasteiger partial charge < -0.3 is 5.32 Å². The molecule has 0 aromatic heterocycles. The second kappa shape index (κ2) is 6.06. The van der Waals surface area contributed by atoms with Crippen LogP contribution >= 0.6 is 0 Å². The molecule has 1 rings (SSSR count). The summed E-state index contributed by atoms with van der Waals surface area (Å²) in [5.41, 5.74) is 1.32. The molecule has 0 radical (unpaired) electrons. The Hall–Kier alpha value is -0.870. The molecular weight excluding hydrogens is 258 g/mol. The van der Waals surface area contributed by atoms with Gasteiger partial charge in [0.05, 0.1) is 4.90 Å². The minimum atomic E-state index is -3.14. The van der Waals surface area contributed by atoms with Gasteiger partial charge in [0.25, 0.3) is 0 Å². The monoisotopic (exact) mass is 283 g/mol. The van der Waals surface area contributed by atoms with Crippen molar-refractivity contribution >= 4 is 9.84 Å². The Morgan fingerprint density at radius 1 is 1.26 bits per heavy atom. The smallest absolute Gasteiger partial charge is 0.175 e. The third kappa shape index (κ3) is 5.33. The highest BCUT2D eigenvalue weighted by atomic mass is 32.2. The zero-order valence-electron chi connectivity index (χ0n) is 12.5. The van der Waals surface area contributed by atoms with E-state index >= 15 is 0 Å². The van der Waals surface area contributed by atoms with Crippen molar-refractivity contribution < 1.29 is 8.42 Å². The van der Waals surface area contributed by atoms with Gasteiger partial charge in [-0.15, -0.1) is 0 Å². The number of benzene rings is 1. The number of hydrogen-bond acceptors (Lipinski definition) is 3. The number of rotatable bonds is 5. The zero-order chi connectivity index (χ0) is 14.7. The van der Waals surface area contributed by atoms with E-state index in [1.54, 1.807) is 12.1 Å². The fourth-order valence-electron chi connectivity index (χ4n) is 2.02. The van der Waals surface area contributed by atoms with Crippen LogP contribution in [0.5, 0.6) is 0 Å². The molecule has 1 atom stereocenters. The molecule has 0 heterocycles. The van der Waals surface area contributed by atoms with Gasteiger partial charge in [0.15, 0.2) is 9.84 Å². The van der Waals surface area contributed by atoms with Crippen molar-refractivity contribution in [3.63, 3.8) is 0 Å². The predicted octanol–water partition coefficient (Wildman–Crippen LogP) is 3.18. The van der Waals surface area contributed by atoms with Crippen LogP contribution in [0.4, 0.5) is 0 Å². The van der Waals surface area contributed by atoms with Crippen LogP contribution in [-0.4, -0.2) is 21.7 Å². The van der Waals surface area contributed by atoms with E-state index in [1.165, 1.54) is 6.26 Å². The SMILES string of the molecule is CNC(CCC(C)(C)C)c1cccc(S(C)(=O)=O)c1. The maximum Gasteiger partial charge on any atom is 0.175 e. The summed E-state index contributed by atoms with van der Waals surface area (Å²) in [5, 5.41) is 3.27. The first-order valence-corrected chi connectivity index (χ1v) is 8.50. The van der Waals surface area contributed by atoms with Crippen molar-refractivity contribution in [3.8, 4) is 0 Å². The predicted molar refractivity (Wildman–Crippen MR) is 80.0 cm³/mol. The first-order valence-electron chi connectivity index (χ1n) is 6.61. The van der Waals surface area contributed by atoms with Gasteiger partial charge in [-0.3, -0.25) is 0 Å². The minimum absolute atomic E-state index is 0.195. The second-order valence-electron chi connectivity index (χ2n) is 6.29. The van der Waals surface area contributed by atoms with E-state index < -0.39 is 9.84 Å². The minimum Gasteiger partial charge on any atom is -0.313 e. The quantitative estimate of drug-likeness (QED) is 0.903. The van der Waals surface area contributed by atoms with Crippen molar-refractivity contribution in [2.45, 2.75) is 44.6 Å². The molecule has 0 aliphatic heterocycles. The summed E-state index contributed by atoms with van der Waals surface area (Å²) in [6.07, 6.45) is 3.32. The summed E-state index contributed by atoms with van der Waals surface area (Å²) in [4.78, 5) is 0.390. The van der Waals surface area contributed by atoms with Crippen molar-refractivity contribution in [1.82, 2.24) is 5.32 Å². The van der Waals surface area contributed by atoms with E-state index in [1.807, 2.05) is 19.2 Å². The lowest BCUT2D eigenvalue weighted by atomic mass is 9.87. The van der Waals surface area contributed by atoms with E-state index in [4.69, 9.17) is 0 Å². The van der Waals surface area contributed by atoms with E-state index in [0.717, 1.165) is 18.4 Å². The summed E-state index contributed by atoms with van der Waals surface area (Å²) in [6, 6.07) is 7.42. The summed E-state index contributed by atoms with van der Waals surface area (Å²) in [5.74, 6) is 0. The van der Waals surface area contributed by atoms with Gasteiger partial charge in [0.2, 0.25) is 0 Å². The summed E-state index contributed by atoms with van der Waals surface area (Å²) < 4.78 is 23.2. The Balaban J connectivity index is 2.93. The first-order chi connectivity index (χ1) is 8.63. The molecule has 0 amide bonds. The van der Waals surface area contributed by atoms with Gasteiger partial charge in [0, 0.05) is 12.3 Å². The lowest BCUT2D eigenvalue weighted by Crippen LogP contribution is -2.19. The lowest BCUT2D eigenvalue weighted by Gasteiger charge is -2.23. The van der Waals surface area contributed by atoms with Crippen LogP contribution in [0, 0.1) is 5.41 Å². The Morgan fingerprint density at radius 2 is 1.89 bits per heavy atom. The Labute approximate surface area is 117 Å². The molecule has 0 saturated carbocycles. The van der Waals surface area contributed by atoms with Crippen LogP contribution < -0.4 is 5.32 Å². The molecule has 0 bridgehead atoms. The third-order valence-corrected chi connectivity index (χ3v) is 4.33. The van der Waals surface area contributed by atoms with Crippen LogP contribution in [0.25, 0.3) is 0 Å². The fraction of sp³-hybridized carbons (Fsp3) is 0.600. The highest BCUT2D eigenvalue weighted by Gasteiger charge is 2.17. The van der Waals surface area contributed by atoms with Gasteiger partial charge in [-0.1, -0.05) is 32.9 Å². The van der Waals surface area contributed by atoms with Gasteiger partial charge in [-0.25, -0.2) is 8.42 Å². The van der Waals surface area contributed by atoms with Gasteiger partial charge in [0.1, 0.15) is 0 Å². The van der Waals surface area contributed by atoms with Crippen molar-refractivity contribution in [3.05, 3.63) is 29.8 Å². The summed E-state index contributed by atoms with van der Waals surface area (Å²) >= 11 is 0. The standard InChI is InChI=1S/C15H25NO2S/c1-15(2,3)10-9-14(16-4)12-7-6-8-13(11-12)19(5,17)18/h6-8,11,14,16H,9-10H2,1-5H3. The molecule has 0 saturated heterocycles. The Morgan fingerprint density at radius 3 is 2.37 bits per heavy atom. The van der Waals surface area contributed by atoms with Crippen LogP contribution in [-0.2, 0) is 9.84 Å². The van der Waals surface area contributed by atoms with E-state index in [9.17, 15) is 8.42 Å². The molecule has 1 aromatic carbocycles. The molecule has 0 aliphatic carbocycles. The molecule has 0 fully saturated rings. The highest BCUT2D eigenvalue weighted by molar-refractivity contribution is 7.90. The molecule has 1 unspecified atom stereocenters. The highest BCUT2D eigenvalue weighted by Crippen LogP contribution is 2.28. The lowest BCUT2D eigenvalue weighted by molar-refractivity contribution is 0.338. The van der Waals surface area contributed by atoms with Crippen LogP contribution in [0.1, 0.15) is 45.2 Å². The maximum absolute atomic E-state index is 11.6. The third-order valence-electron chi connectivity index (χ3n) is 3.22. The molecule has 3 nitrogen and oxygen atoms in total. The van der Waals surface area contributed by atoms with Gasteiger partial charge in [-0.2, -0.15) is 0 Å². The van der Waals surface area contributed by atoms with E-state index in [2.05, 4.69) is 26.1 Å². The van der Waals surface area contributed by atoms with E-state index in [-0.39, 0.29) is 11.5 Å². The fourth-order valence-corrected chi connectivity index (χ4v) is 2.69. The van der Waals surface area contributed by atoms with Gasteiger partial charge in [-0.05, 0) is 43.0 Å². The largest absolute Gasteiger partial charge is 0.313 e. The molecule has 108 valence electrons. The van der Waals surface area contributed by atoms with Crippen molar-refractivity contribution in [2.75, 3.05) is 13.3 Å². The molecule has 1 N–H and O–H groups in total. The van der Waals surface area contributed by atoms with Gasteiger partial charge >= 0.3 is 0 Å². The average Bonchev–Trinajstić information content (AvgIpc) is 2.27. The molecule has 19 heavy (non-hydrogen) atoms. The number of hydrogen-bond donors (Lipinski definition) is 1. The average molecular weight is 283 g/mol. The molecule has 1 aromatic rings. The number of sulfone groups is 1.